The van der Waals surface area contributed by atoms with Crippen molar-refractivity contribution in [3.8, 4) is 17.2 Å². The van der Waals surface area contributed by atoms with Gasteiger partial charge in [0, 0.05) is 19.4 Å². The highest BCUT2D eigenvalue weighted by Gasteiger charge is 2.16. The fraction of sp³-hybridized carbons (Fsp3) is 0.259. The fourth-order valence-corrected chi connectivity index (χ4v) is 4.24. The Bertz CT molecular complexity index is 1320. The normalized spacial score (nSPS) is 10.9. The number of carbonyl (C=O) groups excluding carboxylic acids is 1. The molecule has 3 aromatic carbocycles. The minimum Gasteiger partial charge on any atom is -0.504 e. The predicted octanol–water partition coefficient (Wildman–Crippen LogP) is 4.03. The van der Waals surface area contributed by atoms with Gasteiger partial charge in [-0.1, -0.05) is 36.4 Å². The second-order valence-corrected chi connectivity index (χ2v) is 8.31. The number of phenols is 1. The highest BCUT2D eigenvalue weighted by atomic mass is 16.5. The van der Waals surface area contributed by atoms with Crippen LogP contribution in [0.1, 0.15) is 28.9 Å². The topological polar surface area (TPSA) is 106 Å². The van der Waals surface area contributed by atoms with Gasteiger partial charge in [-0.05, 0) is 53.8 Å². The molecule has 4 rings (SSSR count). The molecule has 0 bridgehead atoms. The number of aryl methyl sites for hydroxylation is 3. The number of nitrogens with one attached hydrogen (secondary N) is 1. The molecule has 0 saturated heterocycles. The van der Waals surface area contributed by atoms with Crippen LogP contribution >= 0.6 is 0 Å². The minimum atomic E-state index is -0.424. The molecule has 1 amide bonds. The van der Waals surface area contributed by atoms with Crippen LogP contribution in [0.15, 0.2) is 60.7 Å². The van der Waals surface area contributed by atoms with Crippen molar-refractivity contribution < 1.29 is 24.6 Å². The maximum atomic E-state index is 11.4. The summed E-state index contributed by atoms with van der Waals surface area (Å²) in [6.07, 6.45) is 2.26. The highest BCUT2D eigenvalue weighted by Crippen LogP contribution is 2.38. The van der Waals surface area contributed by atoms with Crippen molar-refractivity contribution in [1.82, 2.24) is 15.0 Å². The van der Waals surface area contributed by atoms with Gasteiger partial charge >= 0.3 is 0 Å². The lowest BCUT2D eigenvalue weighted by Gasteiger charge is -2.14. The van der Waals surface area contributed by atoms with E-state index in [0.29, 0.717) is 24.5 Å². The third-order valence-corrected chi connectivity index (χ3v) is 6.00. The third-order valence-electron chi connectivity index (χ3n) is 6.00. The quantitative estimate of drug-likeness (QED) is 0.236. The first-order chi connectivity index (χ1) is 17.0. The molecule has 0 aliphatic carbocycles. The molecule has 1 aromatic heterocycles. The number of hydrogen-bond acceptors (Lipinski definition) is 6. The molecule has 0 saturated carbocycles. The number of aromatic nitrogens is 2. The average molecular weight is 476 g/mol. The number of benzene rings is 3. The zero-order valence-corrected chi connectivity index (χ0v) is 19.8. The second kappa shape index (κ2) is 10.9. The van der Waals surface area contributed by atoms with Gasteiger partial charge in [0.2, 0.25) is 11.7 Å². The number of amides is 1. The maximum absolute atomic E-state index is 11.4. The lowest BCUT2D eigenvalue weighted by Crippen LogP contribution is -2.18. The van der Waals surface area contributed by atoms with Gasteiger partial charge in [-0.2, -0.15) is 0 Å². The number of rotatable bonds is 10. The van der Waals surface area contributed by atoms with E-state index in [1.807, 2.05) is 42.5 Å². The number of fused-ring (bicyclic) bond motifs is 1. The van der Waals surface area contributed by atoms with Crippen LogP contribution in [0, 0.1) is 0 Å². The monoisotopic (exact) mass is 475 g/mol. The van der Waals surface area contributed by atoms with Gasteiger partial charge in [-0.3, -0.25) is 10.0 Å². The Labute approximate surface area is 203 Å². The lowest BCUT2D eigenvalue weighted by atomic mass is 10.1. The number of phenolic OH excluding ortho intramolecular Hbond substituents is 1. The zero-order chi connectivity index (χ0) is 24.8. The molecule has 1 heterocycles. The predicted molar refractivity (Wildman–Crippen MR) is 132 cm³/mol. The molecule has 0 spiro atoms. The number of nitrogens with zero attached hydrogens (tertiary/aromatic N) is 2. The van der Waals surface area contributed by atoms with E-state index in [9.17, 15) is 9.90 Å². The Morgan fingerprint density at radius 2 is 1.74 bits per heavy atom. The van der Waals surface area contributed by atoms with E-state index in [1.54, 1.807) is 11.5 Å². The van der Waals surface area contributed by atoms with Gasteiger partial charge in [0.05, 0.1) is 25.3 Å². The van der Waals surface area contributed by atoms with Crippen LogP contribution in [0.3, 0.4) is 0 Å². The minimum absolute atomic E-state index is 0.0153. The molecule has 0 atom stereocenters. The van der Waals surface area contributed by atoms with E-state index in [2.05, 4.69) is 16.7 Å². The van der Waals surface area contributed by atoms with Gasteiger partial charge in [-0.25, -0.2) is 10.5 Å². The molecular weight excluding hydrogens is 446 g/mol. The van der Waals surface area contributed by atoms with Gasteiger partial charge in [0.1, 0.15) is 5.82 Å². The molecule has 182 valence electrons. The van der Waals surface area contributed by atoms with Crippen LogP contribution < -0.4 is 15.0 Å². The van der Waals surface area contributed by atoms with Gasteiger partial charge in [-0.15, -0.1) is 0 Å². The Kier molecular flexibility index (Phi) is 7.52. The third kappa shape index (κ3) is 5.55. The summed E-state index contributed by atoms with van der Waals surface area (Å²) in [4.78, 5) is 16.4. The van der Waals surface area contributed by atoms with Crippen LogP contribution in [-0.2, 0) is 30.6 Å². The summed E-state index contributed by atoms with van der Waals surface area (Å²) in [5, 5.41) is 19.2. The van der Waals surface area contributed by atoms with Crippen molar-refractivity contribution in [2.24, 2.45) is 0 Å². The van der Waals surface area contributed by atoms with Crippen molar-refractivity contribution in [3.63, 3.8) is 0 Å². The van der Waals surface area contributed by atoms with Crippen molar-refractivity contribution >= 4 is 16.9 Å². The van der Waals surface area contributed by atoms with Crippen LogP contribution in [0.5, 0.6) is 17.2 Å². The van der Waals surface area contributed by atoms with E-state index in [1.165, 1.54) is 19.8 Å². The number of aromatic hydroxyl groups is 1. The van der Waals surface area contributed by atoms with Crippen LogP contribution in [0.25, 0.3) is 11.0 Å². The van der Waals surface area contributed by atoms with Crippen LogP contribution in [0.4, 0.5) is 0 Å². The van der Waals surface area contributed by atoms with Crippen LogP contribution in [-0.4, -0.2) is 40.0 Å². The molecule has 0 aliphatic rings. The molecule has 35 heavy (non-hydrogen) atoms. The summed E-state index contributed by atoms with van der Waals surface area (Å²) in [5.74, 6) is 1.27. The Morgan fingerprint density at radius 1 is 0.943 bits per heavy atom. The molecule has 0 fully saturated rings. The van der Waals surface area contributed by atoms with Gasteiger partial charge in [0.25, 0.3) is 0 Å². The summed E-state index contributed by atoms with van der Waals surface area (Å²) < 4.78 is 12.8. The summed E-state index contributed by atoms with van der Waals surface area (Å²) in [6.45, 7) is 0.487. The number of hydrogen-bond donors (Lipinski definition) is 3. The standard InChI is InChI=1S/C27H29N3O5/c1-34-24-16-20(15-23(31)27(24)35-2)17-30-22-11-8-19(10-13-26(32)29-33)14-21(22)28-25(30)12-9-18-6-4-3-5-7-18/h3-8,11,14-16,31,33H,9-10,12-13,17H2,1-2H3,(H,29,32). The zero-order valence-electron chi connectivity index (χ0n) is 19.8. The molecule has 4 aromatic rings. The van der Waals surface area contributed by atoms with Crippen molar-refractivity contribution in [3.05, 3.63) is 83.2 Å². The smallest absolute Gasteiger partial charge is 0.243 e. The van der Waals surface area contributed by atoms with E-state index >= 15 is 0 Å². The van der Waals surface area contributed by atoms with Crippen LogP contribution in [0.2, 0.25) is 0 Å². The molecule has 0 unspecified atom stereocenters. The first kappa shape index (κ1) is 24.1. The molecule has 0 aliphatic heterocycles. The number of imidazole rings is 1. The summed E-state index contributed by atoms with van der Waals surface area (Å²) in [5.41, 5.74) is 6.50. The SMILES string of the molecule is COc1cc(Cn2c(CCc3ccccc3)nc3cc(CCC(=O)NO)ccc32)cc(O)c1OC. The Morgan fingerprint density at radius 3 is 2.46 bits per heavy atom. The first-order valence-electron chi connectivity index (χ1n) is 11.4. The van der Waals surface area contributed by atoms with Crippen molar-refractivity contribution in [2.45, 2.75) is 32.2 Å². The van der Waals surface area contributed by atoms with E-state index < -0.39 is 5.91 Å². The number of hydroxylamine groups is 1. The molecule has 8 heteroatoms. The number of carbonyl (C=O) groups is 1. The van der Waals surface area contributed by atoms with Gasteiger partial charge < -0.3 is 19.1 Å². The largest absolute Gasteiger partial charge is 0.504 e. The van der Waals surface area contributed by atoms with E-state index in [-0.39, 0.29) is 12.2 Å². The van der Waals surface area contributed by atoms with Crippen molar-refractivity contribution in [2.75, 3.05) is 14.2 Å². The Hall–Kier alpha value is -4.04. The van der Waals surface area contributed by atoms with Crippen molar-refractivity contribution in [1.29, 1.82) is 0 Å². The number of ether oxygens (including phenoxy) is 2. The summed E-state index contributed by atoms with van der Waals surface area (Å²) >= 11 is 0. The summed E-state index contributed by atoms with van der Waals surface area (Å²) in [7, 11) is 3.03. The molecular formula is C27H29N3O5. The molecule has 0 radical (unpaired) electrons. The Balaban J connectivity index is 1.69. The van der Waals surface area contributed by atoms with E-state index in [4.69, 9.17) is 19.7 Å². The lowest BCUT2D eigenvalue weighted by molar-refractivity contribution is -0.129. The molecule has 8 nitrogen and oxygen atoms in total. The maximum Gasteiger partial charge on any atom is 0.243 e. The first-order valence-corrected chi connectivity index (χ1v) is 11.4. The van der Waals surface area contributed by atoms with Gasteiger partial charge in [0.15, 0.2) is 11.5 Å². The fourth-order valence-electron chi connectivity index (χ4n) is 4.24. The highest BCUT2D eigenvalue weighted by molar-refractivity contribution is 5.78. The average Bonchev–Trinajstić information content (AvgIpc) is 3.22. The second-order valence-electron chi connectivity index (χ2n) is 8.31. The number of methoxy groups -OCH3 is 2. The molecule has 3 N–H and O–H groups in total. The summed E-state index contributed by atoms with van der Waals surface area (Å²) in [6, 6.07) is 19.7. The van der Waals surface area contributed by atoms with E-state index in [0.717, 1.165) is 40.8 Å².